The van der Waals surface area contributed by atoms with Gasteiger partial charge >= 0.3 is 0 Å². The Kier molecular flexibility index (Phi) is 1.37. The van der Waals surface area contributed by atoms with Crippen molar-refractivity contribution < 1.29 is 0 Å². The van der Waals surface area contributed by atoms with Crippen molar-refractivity contribution in [2.75, 3.05) is 13.1 Å². The molecule has 1 heteroatoms. The van der Waals surface area contributed by atoms with E-state index in [0.29, 0.717) is 5.41 Å². The Morgan fingerprint density at radius 3 is 2.85 bits per heavy atom. The number of aryl methyl sites for hydroxylation is 1. The van der Waals surface area contributed by atoms with Gasteiger partial charge in [-0.05, 0) is 36.5 Å². The zero-order chi connectivity index (χ0) is 8.89. The Bertz CT molecular complexity index is 350. The van der Waals surface area contributed by atoms with Crippen molar-refractivity contribution in [1.82, 2.24) is 5.32 Å². The fourth-order valence-electron chi connectivity index (χ4n) is 2.82. The molecule has 68 valence electrons. The molecule has 0 radical (unpaired) electrons. The predicted octanol–water partition coefficient (Wildman–Crippen LogP) is 1.78. The molecule has 0 unspecified atom stereocenters. The van der Waals surface area contributed by atoms with Crippen molar-refractivity contribution in [1.29, 1.82) is 0 Å². The Hall–Kier alpha value is -0.820. The number of fused-ring (bicyclic) bond motifs is 2. The lowest BCUT2D eigenvalue weighted by molar-refractivity contribution is 0.276. The molecule has 1 nitrogen and oxygen atoms in total. The number of nitrogens with one attached hydrogen (secondary N) is 1. The van der Waals surface area contributed by atoms with Crippen molar-refractivity contribution in [3.63, 3.8) is 0 Å². The van der Waals surface area contributed by atoms with Crippen molar-refractivity contribution in [3.8, 4) is 0 Å². The Morgan fingerprint density at radius 1 is 1.31 bits per heavy atom. The average Bonchev–Trinajstić information content (AvgIpc) is 2.44. The maximum atomic E-state index is 3.40. The van der Waals surface area contributed by atoms with E-state index in [1.165, 1.54) is 31.5 Å². The first-order chi connectivity index (χ1) is 6.32. The summed E-state index contributed by atoms with van der Waals surface area (Å²) in [7, 11) is 0. The van der Waals surface area contributed by atoms with E-state index in [1.807, 2.05) is 0 Å². The third-order valence-corrected chi connectivity index (χ3v) is 3.76. The summed E-state index contributed by atoms with van der Waals surface area (Å²) < 4.78 is 0. The summed E-state index contributed by atoms with van der Waals surface area (Å²) in [5, 5.41) is 3.40. The molecule has 0 aromatic heterocycles. The van der Waals surface area contributed by atoms with Crippen LogP contribution in [0.2, 0.25) is 0 Å². The van der Waals surface area contributed by atoms with Crippen LogP contribution in [0.3, 0.4) is 0 Å². The van der Waals surface area contributed by atoms with Crippen LogP contribution in [0.1, 0.15) is 23.1 Å². The minimum Gasteiger partial charge on any atom is -0.315 e. The van der Waals surface area contributed by atoms with Gasteiger partial charge in [-0.15, -0.1) is 0 Å². The standard InChI is InChI=1S/C12H15N/c1-9-3-2-4-11-10(9)5-6-12(11)7-13-8-12/h2-4,13H,5-8H2,1H3. The van der Waals surface area contributed by atoms with E-state index in [-0.39, 0.29) is 0 Å². The first-order valence-electron chi connectivity index (χ1n) is 5.12. The highest BCUT2D eigenvalue weighted by Gasteiger charge is 2.43. The third-order valence-electron chi connectivity index (χ3n) is 3.76. The second-order valence-corrected chi connectivity index (χ2v) is 4.48. The van der Waals surface area contributed by atoms with Crippen molar-refractivity contribution in [2.24, 2.45) is 0 Å². The van der Waals surface area contributed by atoms with E-state index in [4.69, 9.17) is 0 Å². The van der Waals surface area contributed by atoms with Crippen molar-refractivity contribution >= 4 is 0 Å². The SMILES string of the molecule is Cc1cccc2c1CCC21CNC1. The van der Waals surface area contributed by atoms with Gasteiger partial charge in [0.1, 0.15) is 0 Å². The van der Waals surface area contributed by atoms with Crippen LogP contribution in [0.4, 0.5) is 0 Å². The minimum absolute atomic E-state index is 0.529. The van der Waals surface area contributed by atoms with Crippen LogP contribution < -0.4 is 5.32 Å². The van der Waals surface area contributed by atoms with Crippen LogP contribution in [0.5, 0.6) is 0 Å². The molecule has 0 atom stereocenters. The predicted molar refractivity (Wildman–Crippen MR) is 54.0 cm³/mol. The van der Waals surface area contributed by atoms with Crippen LogP contribution in [0, 0.1) is 6.92 Å². The lowest BCUT2D eigenvalue weighted by Gasteiger charge is -2.40. The first kappa shape index (κ1) is 7.57. The minimum atomic E-state index is 0.529. The highest BCUT2D eigenvalue weighted by atomic mass is 15.0. The monoisotopic (exact) mass is 173 g/mol. The Labute approximate surface area is 79.2 Å². The molecule has 0 saturated carbocycles. The molecule has 2 aliphatic rings. The van der Waals surface area contributed by atoms with Crippen LogP contribution in [0.25, 0.3) is 0 Å². The van der Waals surface area contributed by atoms with Crippen LogP contribution in [-0.2, 0) is 11.8 Å². The molecule has 1 spiro atoms. The highest BCUT2D eigenvalue weighted by Crippen LogP contribution is 2.42. The maximum absolute atomic E-state index is 3.40. The van der Waals surface area contributed by atoms with Gasteiger partial charge in [0.05, 0.1) is 0 Å². The van der Waals surface area contributed by atoms with Crippen molar-refractivity contribution in [3.05, 3.63) is 34.9 Å². The van der Waals surface area contributed by atoms with Crippen molar-refractivity contribution in [2.45, 2.75) is 25.2 Å². The molecule has 13 heavy (non-hydrogen) atoms. The number of benzene rings is 1. The molecular weight excluding hydrogens is 158 g/mol. The molecule has 0 amide bonds. The molecular formula is C12H15N. The quantitative estimate of drug-likeness (QED) is 0.630. The van der Waals surface area contributed by atoms with Gasteiger partial charge in [-0.25, -0.2) is 0 Å². The summed E-state index contributed by atoms with van der Waals surface area (Å²) in [6.45, 7) is 4.64. The third kappa shape index (κ3) is 0.856. The van der Waals surface area contributed by atoms with Gasteiger partial charge in [-0.2, -0.15) is 0 Å². The molecule has 1 aromatic carbocycles. The van der Waals surface area contributed by atoms with E-state index in [1.54, 1.807) is 11.1 Å². The smallest absolute Gasteiger partial charge is 0.0208 e. The van der Waals surface area contributed by atoms with E-state index in [0.717, 1.165) is 0 Å². The molecule has 1 heterocycles. The first-order valence-corrected chi connectivity index (χ1v) is 5.12. The van der Waals surface area contributed by atoms with Gasteiger partial charge in [0, 0.05) is 18.5 Å². The van der Waals surface area contributed by atoms with E-state index < -0.39 is 0 Å². The Morgan fingerprint density at radius 2 is 2.15 bits per heavy atom. The van der Waals surface area contributed by atoms with Crippen LogP contribution in [-0.4, -0.2) is 13.1 Å². The highest BCUT2D eigenvalue weighted by molar-refractivity contribution is 5.46. The molecule has 1 aliphatic carbocycles. The normalized spacial score (nSPS) is 22.8. The maximum Gasteiger partial charge on any atom is 0.0208 e. The molecule has 1 aromatic rings. The van der Waals surface area contributed by atoms with Gasteiger partial charge in [0.25, 0.3) is 0 Å². The summed E-state index contributed by atoms with van der Waals surface area (Å²) >= 11 is 0. The lowest BCUT2D eigenvalue weighted by Crippen LogP contribution is -2.55. The summed E-state index contributed by atoms with van der Waals surface area (Å²) in [5.41, 5.74) is 5.28. The molecule has 1 saturated heterocycles. The molecule has 1 N–H and O–H groups in total. The van der Waals surface area contributed by atoms with E-state index in [9.17, 15) is 0 Å². The number of hydrogen-bond donors (Lipinski definition) is 1. The lowest BCUT2D eigenvalue weighted by atomic mass is 9.76. The average molecular weight is 173 g/mol. The fraction of sp³-hybridized carbons (Fsp3) is 0.500. The Balaban J connectivity index is 2.16. The summed E-state index contributed by atoms with van der Waals surface area (Å²) in [4.78, 5) is 0. The van der Waals surface area contributed by atoms with Gasteiger partial charge in [0.2, 0.25) is 0 Å². The molecule has 1 fully saturated rings. The van der Waals surface area contributed by atoms with Crippen LogP contribution >= 0.6 is 0 Å². The summed E-state index contributed by atoms with van der Waals surface area (Å²) in [6, 6.07) is 6.78. The van der Waals surface area contributed by atoms with Gasteiger partial charge in [-0.1, -0.05) is 18.2 Å². The number of rotatable bonds is 0. The fourth-order valence-corrected chi connectivity index (χ4v) is 2.82. The largest absolute Gasteiger partial charge is 0.315 e. The van der Waals surface area contributed by atoms with Gasteiger partial charge in [-0.3, -0.25) is 0 Å². The summed E-state index contributed by atoms with van der Waals surface area (Å²) in [6.07, 6.45) is 2.66. The zero-order valence-electron chi connectivity index (χ0n) is 8.06. The van der Waals surface area contributed by atoms with E-state index >= 15 is 0 Å². The van der Waals surface area contributed by atoms with Gasteiger partial charge < -0.3 is 5.32 Å². The molecule has 3 rings (SSSR count). The summed E-state index contributed by atoms with van der Waals surface area (Å²) in [5.74, 6) is 0. The zero-order valence-corrected chi connectivity index (χ0v) is 8.06. The van der Waals surface area contributed by atoms with Crippen LogP contribution in [0.15, 0.2) is 18.2 Å². The number of hydrogen-bond acceptors (Lipinski definition) is 1. The second-order valence-electron chi connectivity index (χ2n) is 4.48. The molecule has 0 bridgehead atoms. The molecule has 1 aliphatic heterocycles. The topological polar surface area (TPSA) is 12.0 Å². The van der Waals surface area contributed by atoms with Gasteiger partial charge in [0.15, 0.2) is 0 Å². The van der Waals surface area contributed by atoms with E-state index in [2.05, 4.69) is 30.4 Å². The second kappa shape index (κ2) is 2.36.